The largest absolute Gasteiger partial charge is 0.383 e. The number of carbonyl (C=O) groups is 1. The summed E-state index contributed by atoms with van der Waals surface area (Å²) in [4.78, 5) is 13.3. The molecule has 0 aromatic rings. The number of Topliss-reactive ketones (excluding diaryl/α,β-unsaturated/α-hetero) is 1. The van der Waals surface area contributed by atoms with Gasteiger partial charge in [-0.3, -0.25) is 4.79 Å². The van der Waals surface area contributed by atoms with E-state index < -0.39 is 17.5 Å². The monoisotopic (exact) mass is 594 g/mol. The van der Waals surface area contributed by atoms with Crippen LogP contribution in [0.1, 0.15) is 99.8 Å². The number of hydrogen-bond acceptors (Lipinski definition) is 8. The maximum absolute atomic E-state index is 13.3. The average Bonchev–Trinajstić information content (AvgIpc) is 3.45. The van der Waals surface area contributed by atoms with Gasteiger partial charge < -0.3 is 33.5 Å². The van der Waals surface area contributed by atoms with Crippen molar-refractivity contribution in [3.63, 3.8) is 0 Å². The molecule has 4 saturated carbocycles. The van der Waals surface area contributed by atoms with Gasteiger partial charge in [0.2, 0.25) is 0 Å². The van der Waals surface area contributed by atoms with Gasteiger partial charge in [-0.05, 0) is 125 Å². The maximum Gasteiger partial charge on any atom is 0.195 e. The van der Waals surface area contributed by atoms with E-state index in [1.807, 2.05) is 13.8 Å². The predicted molar refractivity (Wildman–Crippen MR) is 158 cm³/mol. The second-order valence-corrected chi connectivity index (χ2v) is 15.8. The summed E-state index contributed by atoms with van der Waals surface area (Å²) in [7, 11) is 3.40. The molecule has 5 fully saturated rings. The Bertz CT molecular complexity index is 962. The Morgan fingerprint density at radius 2 is 1.52 bits per heavy atom. The lowest BCUT2D eigenvalue weighted by atomic mass is 9.43. The van der Waals surface area contributed by atoms with Crippen molar-refractivity contribution in [2.75, 3.05) is 27.8 Å². The molecule has 5 rings (SSSR count). The molecule has 1 N–H and O–H groups in total. The van der Waals surface area contributed by atoms with Crippen LogP contribution < -0.4 is 0 Å². The molecular weight excluding hydrogens is 536 g/mol. The first kappa shape index (κ1) is 32.8. The molecule has 8 heteroatoms. The minimum absolute atomic E-state index is 0.135. The Hall–Kier alpha value is -0.610. The minimum atomic E-state index is -1.47. The molecule has 0 unspecified atom stereocenters. The molecule has 42 heavy (non-hydrogen) atoms. The van der Waals surface area contributed by atoms with Gasteiger partial charge in [-0.15, -0.1) is 0 Å². The zero-order valence-corrected chi connectivity index (χ0v) is 27.6. The van der Waals surface area contributed by atoms with Crippen LogP contribution in [-0.4, -0.2) is 74.5 Å². The highest BCUT2D eigenvalue weighted by Gasteiger charge is 2.64. The fraction of sp³-hybridized carbons (Fsp3) is 0.971. The highest BCUT2D eigenvalue weighted by molar-refractivity contribution is 5.91. The number of rotatable bonds is 10. The van der Waals surface area contributed by atoms with Crippen molar-refractivity contribution >= 4 is 5.78 Å². The first-order valence-corrected chi connectivity index (χ1v) is 16.5. The van der Waals surface area contributed by atoms with Crippen molar-refractivity contribution in [3.05, 3.63) is 0 Å². The van der Waals surface area contributed by atoms with Crippen LogP contribution in [0.25, 0.3) is 0 Å². The third-order valence-corrected chi connectivity index (χ3v) is 12.6. The van der Waals surface area contributed by atoms with Crippen LogP contribution in [0, 0.1) is 46.3 Å². The van der Waals surface area contributed by atoms with Crippen LogP contribution in [0.3, 0.4) is 0 Å². The van der Waals surface area contributed by atoms with E-state index in [0.717, 1.165) is 32.1 Å². The molecular formula is C34H58O8. The Balaban J connectivity index is 1.38. The van der Waals surface area contributed by atoms with Crippen molar-refractivity contribution in [3.8, 4) is 0 Å². The van der Waals surface area contributed by atoms with Crippen LogP contribution in [0.2, 0.25) is 0 Å². The number of hydrogen-bond donors (Lipinski definition) is 1. The van der Waals surface area contributed by atoms with Gasteiger partial charge in [0.05, 0.1) is 18.3 Å². The van der Waals surface area contributed by atoms with Gasteiger partial charge in [0, 0.05) is 14.2 Å². The quantitative estimate of drug-likeness (QED) is 0.321. The molecule has 8 nitrogen and oxygen atoms in total. The molecule has 0 aromatic carbocycles. The van der Waals surface area contributed by atoms with E-state index in [1.54, 1.807) is 28.1 Å². The summed E-state index contributed by atoms with van der Waals surface area (Å²) >= 11 is 0. The second-order valence-electron chi connectivity index (χ2n) is 15.8. The van der Waals surface area contributed by atoms with E-state index in [4.69, 9.17) is 28.4 Å². The first-order valence-electron chi connectivity index (χ1n) is 16.5. The highest BCUT2D eigenvalue weighted by Crippen LogP contribution is 2.69. The summed E-state index contributed by atoms with van der Waals surface area (Å²) < 4.78 is 35.9. The number of aliphatic hydroxyl groups is 1. The Morgan fingerprint density at radius 3 is 2.19 bits per heavy atom. The molecule has 12 atom stereocenters. The van der Waals surface area contributed by atoms with Crippen molar-refractivity contribution in [2.24, 2.45) is 46.3 Å². The van der Waals surface area contributed by atoms with E-state index in [9.17, 15) is 9.90 Å². The molecule has 242 valence electrons. The van der Waals surface area contributed by atoms with Gasteiger partial charge in [-0.25, -0.2) is 0 Å². The lowest BCUT2D eigenvalue weighted by molar-refractivity contribution is -0.215. The summed E-state index contributed by atoms with van der Waals surface area (Å²) in [5.74, 6) is 1.75. The van der Waals surface area contributed by atoms with Crippen LogP contribution in [0.15, 0.2) is 0 Å². The second kappa shape index (κ2) is 12.0. The molecule has 0 spiro atoms. The number of ether oxygens (including phenoxy) is 6. The fourth-order valence-electron chi connectivity index (χ4n) is 10.7. The Morgan fingerprint density at radius 1 is 0.881 bits per heavy atom. The normalized spacial score (nSPS) is 45.6. The predicted octanol–water partition coefficient (Wildman–Crippen LogP) is 5.73. The molecule has 5 aliphatic rings. The van der Waals surface area contributed by atoms with Gasteiger partial charge in [-0.2, -0.15) is 0 Å². The van der Waals surface area contributed by atoms with E-state index in [2.05, 4.69) is 20.8 Å². The molecule has 1 saturated heterocycles. The van der Waals surface area contributed by atoms with E-state index in [-0.39, 0.29) is 40.8 Å². The number of carbonyl (C=O) groups excluding carboxylic acids is 1. The smallest absolute Gasteiger partial charge is 0.195 e. The van der Waals surface area contributed by atoms with Gasteiger partial charge in [-0.1, -0.05) is 20.8 Å². The number of fused-ring (bicyclic) bond motifs is 5. The number of methoxy groups -OCH3 is 2. The van der Waals surface area contributed by atoms with Crippen LogP contribution in [0.4, 0.5) is 0 Å². The first-order chi connectivity index (χ1) is 19.7. The third-order valence-electron chi connectivity index (χ3n) is 12.6. The maximum atomic E-state index is 13.3. The van der Waals surface area contributed by atoms with Crippen LogP contribution >= 0.6 is 0 Å². The Kier molecular flexibility index (Phi) is 9.33. The van der Waals surface area contributed by atoms with Crippen molar-refractivity contribution in [2.45, 2.75) is 136 Å². The van der Waals surface area contributed by atoms with Gasteiger partial charge >= 0.3 is 0 Å². The SMILES string of the molecule is COCO[C@@H]1CC[C@]2(C)[C@H]3CC[C@]4(C)[C@@H]([C@H](C)[C@H]5OC(C)(C)O[C@@H]5C(=O)C(C)(C)O)CC[C@H]4[C@@H]3C[C@H](OCOC)[C@@H]2C1. The summed E-state index contributed by atoms with van der Waals surface area (Å²) in [6.07, 6.45) is 8.33. The molecule has 4 aliphatic carbocycles. The summed E-state index contributed by atoms with van der Waals surface area (Å²) in [6, 6.07) is 0. The number of ketones is 1. The molecule has 0 amide bonds. The fourth-order valence-corrected chi connectivity index (χ4v) is 10.7. The van der Waals surface area contributed by atoms with E-state index in [0.29, 0.717) is 43.2 Å². The molecule has 0 radical (unpaired) electrons. The zero-order chi connectivity index (χ0) is 30.7. The molecule has 0 bridgehead atoms. The van der Waals surface area contributed by atoms with Crippen LogP contribution in [-0.2, 0) is 33.2 Å². The molecule has 0 aromatic heterocycles. The van der Waals surface area contributed by atoms with E-state index in [1.165, 1.54) is 19.3 Å². The van der Waals surface area contributed by atoms with Crippen molar-refractivity contribution in [1.82, 2.24) is 0 Å². The Labute approximate surface area is 253 Å². The lowest BCUT2D eigenvalue weighted by Crippen LogP contribution is -2.59. The highest BCUT2D eigenvalue weighted by atomic mass is 16.8. The molecule has 1 heterocycles. The van der Waals surface area contributed by atoms with Gasteiger partial charge in [0.15, 0.2) is 11.6 Å². The van der Waals surface area contributed by atoms with Crippen molar-refractivity contribution < 1.29 is 38.3 Å². The summed E-state index contributed by atoms with van der Waals surface area (Å²) in [5, 5.41) is 10.6. The standard InChI is InChI=1S/C34H58O8/c1-20(28-29(30(35)31(2,3)36)42-32(4,5)41-28)23-10-11-24-22-17-27(40-19-38-9)26-16-21(39-18-37-8)12-14-34(26,7)25(22)13-15-33(23,24)6/h20-29,36H,10-19H2,1-9H3/t20-,21+,22-,23+,24-,25-,26-,27-,28+,29-,33+,34+/m0/s1. The van der Waals surface area contributed by atoms with Gasteiger partial charge in [0.25, 0.3) is 0 Å². The van der Waals surface area contributed by atoms with E-state index >= 15 is 0 Å². The van der Waals surface area contributed by atoms with Crippen LogP contribution in [0.5, 0.6) is 0 Å². The minimum Gasteiger partial charge on any atom is -0.383 e. The summed E-state index contributed by atoms with van der Waals surface area (Å²) in [6.45, 7) is 14.8. The zero-order valence-electron chi connectivity index (χ0n) is 27.6. The third kappa shape index (κ3) is 5.76. The van der Waals surface area contributed by atoms with Crippen molar-refractivity contribution in [1.29, 1.82) is 0 Å². The molecule has 1 aliphatic heterocycles. The lowest BCUT2D eigenvalue weighted by Gasteiger charge is -2.63. The van der Waals surface area contributed by atoms with Gasteiger partial charge in [0.1, 0.15) is 25.3 Å². The topological polar surface area (TPSA) is 92.7 Å². The summed E-state index contributed by atoms with van der Waals surface area (Å²) in [5.41, 5.74) is -1.09. The average molecular weight is 595 g/mol.